The molecule has 0 aliphatic heterocycles. The average molecular weight is 240 g/mol. The number of hydrogen-bond donors (Lipinski definition) is 1. The Morgan fingerprint density at radius 2 is 2.06 bits per heavy atom. The fraction of sp³-hybridized carbons (Fsp3) is 0.538. The Kier molecular flexibility index (Phi) is 3.52. The van der Waals surface area contributed by atoms with Crippen molar-refractivity contribution in [2.75, 3.05) is 13.7 Å². The molecule has 0 radical (unpaired) electrons. The molecule has 17 heavy (non-hydrogen) atoms. The Morgan fingerprint density at radius 3 is 2.71 bits per heavy atom. The zero-order valence-corrected chi connectivity index (χ0v) is 9.91. The zero-order chi connectivity index (χ0) is 12.3. The van der Waals surface area contributed by atoms with E-state index in [2.05, 4.69) is 0 Å². The molecule has 1 saturated carbocycles. The maximum absolute atomic E-state index is 13.2. The number of halogens is 1. The van der Waals surface area contributed by atoms with Crippen molar-refractivity contribution >= 4 is 0 Å². The lowest BCUT2D eigenvalue weighted by molar-refractivity contribution is 0.00133. The van der Waals surface area contributed by atoms with Gasteiger partial charge in [0.25, 0.3) is 0 Å². The van der Waals surface area contributed by atoms with E-state index in [1.807, 2.05) is 0 Å². The van der Waals surface area contributed by atoms with E-state index in [1.54, 1.807) is 0 Å². The standard InChI is InChI=1S/C13H17FO3/c1-16-12-8-10(4-5-11(12)14)17-9-13(15)6-2-3-7-13/h4-5,8,15H,2-3,6-7,9H2,1H3. The highest BCUT2D eigenvalue weighted by Gasteiger charge is 2.31. The molecule has 1 fully saturated rings. The van der Waals surface area contributed by atoms with Crippen LogP contribution < -0.4 is 9.47 Å². The van der Waals surface area contributed by atoms with Gasteiger partial charge >= 0.3 is 0 Å². The van der Waals surface area contributed by atoms with Crippen LogP contribution in [0.2, 0.25) is 0 Å². The molecule has 4 heteroatoms. The third kappa shape index (κ3) is 2.88. The SMILES string of the molecule is COc1cc(OCC2(O)CCCC2)ccc1F. The zero-order valence-electron chi connectivity index (χ0n) is 9.91. The molecule has 1 aliphatic rings. The van der Waals surface area contributed by atoms with Gasteiger partial charge in [-0.15, -0.1) is 0 Å². The van der Waals surface area contributed by atoms with Crippen LogP contribution in [0.25, 0.3) is 0 Å². The summed E-state index contributed by atoms with van der Waals surface area (Å²) in [7, 11) is 1.41. The fourth-order valence-electron chi connectivity index (χ4n) is 2.13. The molecule has 0 bridgehead atoms. The second kappa shape index (κ2) is 4.92. The summed E-state index contributed by atoms with van der Waals surface area (Å²) >= 11 is 0. The molecular weight excluding hydrogens is 223 g/mol. The summed E-state index contributed by atoms with van der Waals surface area (Å²) in [5.41, 5.74) is -0.721. The summed E-state index contributed by atoms with van der Waals surface area (Å²) in [4.78, 5) is 0. The van der Waals surface area contributed by atoms with E-state index in [-0.39, 0.29) is 12.4 Å². The second-order valence-electron chi connectivity index (χ2n) is 4.52. The van der Waals surface area contributed by atoms with E-state index in [4.69, 9.17) is 9.47 Å². The van der Waals surface area contributed by atoms with Crippen molar-refractivity contribution in [1.29, 1.82) is 0 Å². The summed E-state index contributed by atoms with van der Waals surface area (Å²) in [5, 5.41) is 10.1. The Hall–Kier alpha value is -1.29. The molecule has 2 rings (SSSR count). The number of aliphatic hydroxyl groups is 1. The third-order valence-electron chi connectivity index (χ3n) is 3.16. The van der Waals surface area contributed by atoms with Gasteiger partial charge in [0.15, 0.2) is 11.6 Å². The third-order valence-corrected chi connectivity index (χ3v) is 3.16. The Labute approximate surface area is 100 Å². The number of benzene rings is 1. The monoisotopic (exact) mass is 240 g/mol. The van der Waals surface area contributed by atoms with Crippen LogP contribution in [0.1, 0.15) is 25.7 Å². The highest BCUT2D eigenvalue weighted by Crippen LogP contribution is 2.31. The lowest BCUT2D eigenvalue weighted by Gasteiger charge is -2.22. The molecule has 94 valence electrons. The number of hydrogen-bond acceptors (Lipinski definition) is 3. The van der Waals surface area contributed by atoms with E-state index in [1.165, 1.54) is 25.3 Å². The molecule has 1 aliphatic carbocycles. The highest BCUT2D eigenvalue weighted by atomic mass is 19.1. The van der Waals surface area contributed by atoms with Crippen LogP contribution in [-0.2, 0) is 0 Å². The van der Waals surface area contributed by atoms with Crippen LogP contribution in [-0.4, -0.2) is 24.4 Å². The van der Waals surface area contributed by atoms with Crippen molar-refractivity contribution in [2.45, 2.75) is 31.3 Å². The highest BCUT2D eigenvalue weighted by molar-refractivity contribution is 5.34. The Balaban J connectivity index is 1.99. The molecule has 1 aromatic carbocycles. The topological polar surface area (TPSA) is 38.7 Å². The summed E-state index contributed by atoms with van der Waals surface area (Å²) in [6, 6.07) is 4.33. The van der Waals surface area contributed by atoms with Gasteiger partial charge < -0.3 is 14.6 Å². The molecule has 1 aromatic rings. The van der Waals surface area contributed by atoms with Crippen molar-refractivity contribution < 1.29 is 19.0 Å². The lowest BCUT2D eigenvalue weighted by atomic mass is 10.0. The molecule has 0 unspecified atom stereocenters. The lowest BCUT2D eigenvalue weighted by Crippen LogP contribution is -2.32. The number of ether oxygens (including phenoxy) is 2. The average Bonchev–Trinajstić information content (AvgIpc) is 2.76. The normalized spacial score (nSPS) is 18.1. The van der Waals surface area contributed by atoms with Crippen LogP contribution in [0.15, 0.2) is 18.2 Å². The molecule has 3 nitrogen and oxygen atoms in total. The molecule has 0 atom stereocenters. The minimum atomic E-state index is -0.721. The first-order valence-corrected chi connectivity index (χ1v) is 5.82. The quantitative estimate of drug-likeness (QED) is 0.878. The van der Waals surface area contributed by atoms with Gasteiger partial charge in [-0.3, -0.25) is 0 Å². The first kappa shape index (κ1) is 12.2. The second-order valence-corrected chi connectivity index (χ2v) is 4.52. The van der Waals surface area contributed by atoms with Gasteiger partial charge in [-0.2, -0.15) is 0 Å². The van der Waals surface area contributed by atoms with E-state index in [0.29, 0.717) is 5.75 Å². The van der Waals surface area contributed by atoms with E-state index >= 15 is 0 Å². The molecule has 0 saturated heterocycles. The van der Waals surface area contributed by atoms with Gasteiger partial charge in [-0.1, -0.05) is 12.8 Å². The Bertz CT molecular complexity index is 386. The minimum absolute atomic E-state index is 0.154. The van der Waals surface area contributed by atoms with Gasteiger partial charge in [0, 0.05) is 6.07 Å². The molecule has 1 N–H and O–H groups in total. The molecular formula is C13H17FO3. The predicted octanol–water partition coefficient (Wildman–Crippen LogP) is 2.52. The largest absolute Gasteiger partial charge is 0.494 e. The van der Waals surface area contributed by atoms with Crippen molar-refractivity contribution in [2.24, 2.45) is 0 Å². The molecule has 0 amide bonds. The number of rotatable bonds is 4. The van der Waals surface area contributed by atoms with Crippen LogP contribution in [0.3, 0.4) is 0 Å². The Morgan fingerprint density at radius 1 is 1.35 bits per heavy atom. The predicted molar refractivity (Wildman–Crippen MR) is 61.9 cm³/mol. The van der Waals surface area contributed by atoms with Crippen molar-refractivity contribution in [3.8, 4) is 11.5 Å². The van der Waals surface area contributed by atoms with Crippen LogP contribution in [0.5, 0.6) is 11.5 Å². The fourth-order valence-corrected chi connectivity index (χ4v) is 2.13. The molecule has 0 spiro atoms. The summed E-state index contributed by atoms with van der Waals surface area (Å²) < 4.78 is 23.5. The van der Waals surface area contributed by atoms with Gasteiger partial charge in [0.05, 0.1) is 12.7 Å². The van der Waals surface area contributed by atoms with E-state index in [9.17, 15) is 9.50 Å². The van der Waals surface area contributed by atoms with Gasteiger partial charge in [0.2, 0.25) is 0 Å². The van der Waals surface area contributed by atoms with E-state index in [0.717, 1.165) is 25.7 Å². The van der Waals surface area contributed by atoms with Crippen molar-refractivity contribution in [3.05, 3.63) is 24.0 Å². The first-order valence-electron chi connectivity index (χ1n) is 5.82. The van der Waals surface area contributed by atoms with Crippen LogP contribution >= 0.6 is 0 Å². The van der Waals surface area contributed by atoms with E-state index < -0.39 is 11.4 Å². The summed E-state index contributed by atoms with van der Waals surface area (Å²) in [6.45, 7) is 0.252. The maximum atomic E-state index is 13.2. The summed E-state index contributed by atoms with van der Waals surface area (Å²) in [5.74, 6) is 0.254. The maximum Gasteiger partial charge on any atom is 0.165 e. The molecule has 0 heterocycles. The van der Waals surface area contributed by atoms with Gasteiger partial charge in [0.1, 0.15) is 12.4 Å². The summed E-state index contributed by atoms with van der Waals surface area (Å²) in [6.07, 6.45) is 3.61. The first-order chi connectivity index (χ1) is 8.13. The smallest absolute Gasteiger partial charge is 0.165 e. The van der Waals surface area contributed by atoms with Crippen LogP contribution in [0, 0.1) is 5.82 Å². The molecule has 0 aromatic heterocycles. The number of methoxy groups -OCH3 is 1. The van der Waals surface area contributed by atoms with Gasteiger partial charge in [-0.05, 0) is 25.0 Å². The van der Waals surface area contributed by atoms with Crippen molar-refractivity contribution in [3.63, 3.8) is 0 Å². The van der Waals surface area contributed by atoms with Crippen molar-refractivity contribution in [1.82, 2.24) is 0 Å². The minimum Gasteiger partial charge on any atom is -0.494 e. The van der Waals surface area contributed by atoms with Crippen LogP contribution in [0.4, 0.5) is 4.39 Å². The van der Waals surface area contributed by atoms with Gasteiger partial charge in [-0.25, -0.2) is 4.39 Å².